The summed E-state index contributed by atoms with van der Waals surface area (Å²) in [5.41, 5.74) is 0. The van der Waals surface area contributed by atoms with Gasteiger partial charge >= 0.3 is 12.0 Å². The van der Waals surface area contributed by atoms with E-state index in [4.69, 9.17) is 5.11 Å². The molecule has 1 aliphatic carbocycles. The summed E-state index contributed by atoms with van der Waals surface area (Å²) >= 11 is 0. The van der Waals surface area contributed by atoms with Gasteiger partial charge in [-0.25, -0.2) is 9.59 Å². The number of aliphatic carboxylic acids is 1. The van der Waals surface area contributed by atoms with Crippen molar-refractivity contribution in [2.45, 2.75) is 38.1 Å². The number of likely N-dealkylation sites (tertiary alicyclic amines) is 1. The first-order valence-electron chi connectivity index (χ1n) is 7.14. The van der Waals surface area contributed by atoms with Crippen molar-refractivity contribution < 1.29 is 14.7 Å². The molecule has 1 heterocycles. The van der Waals surface area contributed by atoms with Crippen LogP contribution in [0.1, 0.15) is 32.1 Å². The van der Waals surface area contributed by atoms with Crippen LogP contribution in [0.2, 0.25) is 0 Å². The number of hydrogen-bond acceptors (Lipinski definition) is 3. The Balaban J connectivity index is 1.62. The Labute approximate surface area is 113 Å². The maximum atomic E-state index is 11.6. The van der Waals surface area contributed by atoms with Gasteiger partial charge in [0.25, 0.3) is 0 Å². The highest BCUT2D eigenvalue weighted by Crippen LogP contribution is 2.33. The maximum absolute atomic E-state index is 11.6. The summed E-state index contributed by atoms with van der Waals surface area (Å²) in [5, 5.41) is 14.3. The highest BCUT2D eigenvalue weighted by Gasteiger charge is 2.30. The van der Waals surface area contributed by atoms with Gasteiger partial charge in [0.05, 0.1) is 0 Å². The van der Waals surface area contributed by atoms with Crippen LogP contribution in [0.4, 0.5) is 4.79 Å². The average Bonchev–Trinajstić information content (AvgIpc) is 3.02. The molecule has 0 aromatic rings. The first-order valence-corrected chi connectivity index (χ1v) is 7.14. The zero-order chi connectivity index (χ0) is 13.7. The van der Waals surface area contributed by atoms with Crippen LogP contribution in [0.5, 0.6) is 0 Å². The highest BCUT2D eigenvalue weighted by atomic mass is 16.4. The number of hydrogen-bond donors (Lipinski definition) is 3. The van der Waals surface area contributed by atoms with E-state index in [1.165, 1.54) is 12.8 Å². The molecule has 1 atom stereocenters. The maximum Gasteiger partial charge on any atom is 0.326 e. The lowest BCUT2D eigenvalue weighted by atomic mass is 10.1. The molecule has 1 saturated carbocycles. The van der Waals surface area contributed by atoms with E-state index in [2.05, 4.69) is 15.5 Å². The lowest BCUT2D eigenvalue weighted by molar-refractivity contribution is -0.139. The van der Waals surface area contributed by atoms with E-state index in [0.717, 1.165) is 32.5 Å². The zero-order valence-corrected chi connectivity index (χ0v) is 11.2. The molecule has 0 radical (unpaired) electrons. The molecule has 1 saturated heterocycles. The number of carboxylic acids is 1. The fourth-order valence-electron chi connectivity index (χ4n) is 2.45. The third-order valence-corrected chi connectivity index (χ3v) is 3.78. The number of amides is 2. The van der Waals surface area contributed by atoms with Gasteiger partial charge in [0.2, 0.25) is 0 Å². The molecular weight excluding hydrogens is 246 g/mol. The van der Waals surface area contributed by atoms with Gasteiger partial charge in [-0.1, -0.05) is 12.8 Å². The number of nitrogens with zero attached hydrogens (tertiary/aromatic N) is 1. The average molecular weight is 269 g/mol. The van der Waals surface area contributed by atoms with Gasteiger partial charge in [0.1, 0.15) is 6.04 Å². The summed E-state index contributed by atoms with van der Waals surface area (Å²) in [4.78, 5) is 25.0. The molecule has 6 nitrogen and oxygen atoms in total. The Hall–Kier alpha value is -1.30. The number of carbonyl (C=O) groups is 2. The molecule has 0 bridgehead atoms. The van der Waals surface area contributed by atoms with E-state index in [0.29, 0.717) is 18.9 Å². The van der Waals surface area contributed by atoms with E-state index >= 15 is 0 Å². The van der Waals surface area contributed by atoms with Crippen molar-refractivity contribution in [2.24, 2.45) is 5.92 Å². The Morgan fingerprint density at radius 1 is 1.26 bits per heavy atom. The Bertz CT molecular complexity index is 325. The third-order valence-electron chi connectivity index (χ3n) is 3.78. The summed E-state index contributed by atoms with van der Waals surface area (Å²) < 4.78 is 0. The molecule has 19 heavy (non-hydrogen) atoms. The molecule has 1 unspecified atom stereocenters. The van der Waals surface area contributed by atoms with E-state index in [1.54, 1.807) is 0 Å². The second-order valence-electron chi connectivity index (χ2n) is 5.52. The normalized spacial score (nSPS) is 21.1. The minimum Gasteiger partial charge on any atom is -0.480 e. The van der Waals surface area contributed by atoms with Gasteiger partial charge in [0, 0.05) is 13.1 Å². The van der Waals surface area contributed by atoms with Crippen molar-refractivity contribution in [3.63, 3.8) is 0 Å². The van der Waals surface area contributed by atoms with Crippen molar-refractivity contribution in [1.82, 2.24) is 15.5 Å². The predicted octanol–water partition coefficient (Wildman–Crippen LogP) is 0.635. The van der Waals surface area contributed by atoms with E-state index in [-0.39, 0.29) is 6.03 Å². The molecule has 2 fully saturated rings. The summed E-state index contributed by atoms with van der Waals surface area (Å²) in [5.74, 6) is -0.465. The smallest absolute Gasteiger partial charge is 0.326 e. The number of rotatable bonds is 7. The topological polar surface area (TPSA) is 81.7 Å². The summed E-state index contributed by atoms with van der Waals surface area (Å²) in [7, 11) is 0. The van der Waals surface area contributed by atoms with E-state index in [9.17, 15) is 9.59 Å². The molecule has 1 aliphatic heterocycles. The van der Waals surface area contributed by atoms with Crippen molar-refractivity contribution in [2.75, 3.05) is 26.2 Å². The van der Waals surface area contributed by atoms with Crippen LogP contribution in [0.25, 0.3) is 0 Å². The SMILES string of the molecule is O=C(NCCN1CCCC1)NC(CC1CC1)C(=O)O. The minimum atomic E-state index is -0.943. The molecule has 2 rings (SSSR count). The molecule has 0 aromatic heterocycles. The van der Waals surface area contributed by atoms with Crippen LogP contribution in [-0.2, 0) is 4.79 Å². The summed E-state index contributed by atoms with van der Waals surface area (Å²) in [6, 6.07) is -1.12. The van der Waals surface area contributed by atoms with Crippen LogP contribution in [0.15, 0.2) is 0 Å². The van der Waals surface area contributed by atoms with Gasteiger partial charge < -0.3 is 20.6 Å². The molecular formula is C13H23N3O3. The molecule has 3 N–H and O–H groups in total. The molecule has 0 spiro atoms. The van der Waals surface area contributed by atoms with Crippen LogP contribution in [-0.4, -0.2) is 54.2 Å². The predicted molar refractivity (Wildman–Crippen MR) is 71.0 cm³/mol. The van der Waals surface area contributed by atoms with Crippen molar-refractivity contribution in [3.8, 4) is 0 Å². The Morgan fingerprint density at radius 3 is 2.53 bits per heavy atom. The fourth-order valence-corrected chi connectivity index (χ4v) is 2.45. The van der Waals surface area contributed by atoms with Crippen molar-refractivity contribution in [3.05, 3.63) is 0 Å². The Kier molecular flexibility index (Phi) is 5.01. The standard InChI is InChI=1S/C13H23N3O3/c17-12(18)11(9-10-3-4-10)15-13(19)14-5-8-16-6-1-2-7-16/h10-11H,1-9H2,(H,17,18)(H2,14,15,19). The van der Waals surface area contributed by atoms with Gasteiger partial charge in [-0.15, -0.1) is 0 Å². The minimum absolute atomic E-state index is 0.368. The molecule has 6 heteroatoms. The number of carbonyl (C=O) groups excluding carboxylic acids is 1. The molecule has 108 valence electrons. The van der Waals surface area contributed by atoms with Crippen molar-refractivity contribution >= 4 is 12.0 Å². The van der Waals surface area contributed by atoms with E-state index < -0.39 is 12.0 Å². The fraction of sp³-hybridized carbons (Fsp3) is 0.846. The number of carboxylic acid groups (broad SMARTS) is 1. The monoisotopic (exact) mass is 269 g/mol. The van der Waals surface area contributed by atoms with Crippen LogP contribution >= 0.6 is 0 Å². The first-order chi connectivity index (χ1) is 9.15. The zero-order valence-electron chi connectivity index (χ0n) is 11.2. The van der Waals surface area contributed by atoms with Crippen LogP contribution in [0.3, 0.4) is 0 Å². The van der Waals surface area contributed by atoms with Gasteiger partial charge in [-0.3, -0.25) is 0 Å². The van der Waals surface area contributed by atoms with Crippen molar-refractivity contribution in [1.29, 1.82) is 0 Å². The summed E-state index contributed by atoms with van der Waals surface area (Å²) in [6.45, 7) is 3.61. The van der Waals surface area contributed by atoms with Crippen LogP contribution < -0.4 is 10.6 Å². The van der Waals surface area contributed by atoms with E-state index in [1.807, 2.05) is 0 Å². The first kappa shape index (κ1) is 14.1. The molecule has 0 aromatic carbocycles. The third kappa shape index (κ3) is 5.06. The molecule has 2 amide bonds. The quantitative estimate of drug-likeness (QED) is 0.633. The van der Waals surface area contributed by atoms with Gasteiger partial charge in [-0.05, 0) is 38.3 Å². The lowest BCUT2D eigenvalue weighted by Crippen LogP contribution is -2.47. The lowest BCUT2D eigenvalue weighted by Gasteiger charge is -2.17. The Morgan fingerprint density at radius 2 is 1.95 bits per heavy atom. The largest absolute Gasteiger partial charge is 0.480 e. The molecule has 2 aliphatic rings. The van der Waals surface area contributed by atoms with Gasteiger partial charge in [-0.2, -0.15) is 0 Å². The summed E-state index contributed by atoms with van der Waals surface area (Å²) in [6.07, 6.45) is 5.18. The number of nitrogens with one attached hydrogen (secondary N) is 2. The highest BCUT2D eigenvalue weighted by molar-refractivity contribution is 5.82. The second kappa shape index (κ2) is 6.75. The second-order valence-corrected chi connectivity index (χ2v) is 5.52. The van der Waals surface area contributed by atoms with Crippen LogP contribution in [0, 0.1) is 5.92 Å². The van der Waals surface area contributed by atoms with Gasteiger partial charge in [0.15, 0.2) is 0 Å². The number of urea groups is 1.